The lowest BCUT2D eigenvalue weighted by Crippen LogP contribution is -2.38. The van der Waals surface area contributed by atoms with Gasteiger partial charge in [0.1, 0.15) is 0 Å². The van der Waals surface area contributed by atoms with E-state index in [0.717, 1.165) is 5.92 Å². The first-order valence-electron chi connectivity index (χ1n) is 6.40. The Balaban J connectivity index is 1.57. The summed E-state index contributed by atoms with van der Waals surface area (Å²) in [5.74, 6) is 0.932. The fourth-order valence-electron chi connectivity index (χ4n) is 2.89. The van der Waals surface area contributed by atoms with Gasteiger partial charge in [-0.3, -0.25) is 4.90 Å². The van der Waals surface area contributed by atoms with E-state index in [2.05, 4.69) is 21.7 Å². The topological polar surface area (TPSA) is 15.3 Å². The van der Waals surface area contributed by atoms with Gasteiger partial charge in [0.2, 0.25) is 0 Å². The lowest BCUT2D eigenvalue weighted by Gasteiger charge is -2.32. The summed E-state index contributed by atoms with van der Waals surface area (Å²) in [6, 6.07) is 2.31. The fraction of sp³-hybridized carbons (Fsp3) is 0.692. The second kappa shape index (κ2) is 4.86. The first-order chi connectivity index (χ1) is 7.92. The Morgan fingerprint density at radius 3 is 3.12 bits per heavy atom. The van der Waals surface area contributed by atoms with Gasteiger partial charge in [0.15, 0.2) is 0 Å². The number of piperidine rings is 1. The molecule has 1 N–H and O–H groups in total. The van der Waals surface area contributed by atoms with Gasteiger partial charge in [0, 0.05) is 24.5 Å². The Labute approximate surface area is 102 Å². The molecule has 0 bridgehead atoms. The molecule has 0 amide bonds. The van der Waals surface area contributed by atoms with Gasteiger partial charge in [0.25, 0.3) is 0 Å². The molecule has 0 spiro atoms. The molecule has 16 heavy (non-hydrogen) atoms. The number of hydrogen-bond donors (Lipinski definition) is 1. The second-order valence-electron chi connectivity index (χ2n) is 5.05. The number of nitrogens with zero attached hydrogens (tertiary/aromatic N) is 1. The number of thiophene rings is 1. The Hall–Kier alpha value is -0.380. The molecule has 3 heteroatoms. The van der Waals surface area contributed by atoms with E-state index in [0.29, 0.717) is 0 Å². The average Bonchev–Trinajstić information content (AvgIpc) is 2.77. The molecule has 1 saturated heterocycles. The third kappa shape index (κ3) is 2.31. The van der Waals surface area contributed by atoms with Crippen molar-refractivity contribution in [1.29, 1.82) is 0 Å². The molecule has 3 rings (SSSR count). The van der Waals surface area contributed by atoms with E-state index in [9.17, 15) is 0 Å². The van der Waals surface area contributed by atoms with Crippen LogP contribution in [0.15, 0.2) is 11.4 Å². The lowest BCUT2D eigenvalue weighted by molar-refractivity contribution is 0.192. The smallest absolute Gasteiger partial charge is 0.0245 e. The molecular formula is C13H20N2S. The number of hydrogen-bond acceptors (Lipinski definition) is 3. The second-order valence-corrected chi connectivity index (χ2v) is 6.05. The molecule has 0 aliphatic carbocycles. The van der Waals surface area contributed by atoms with Gasteiger partial charge in [0.05, 0.1) is 0 Å². The van der Waals surface area contributed by atoms with E-state index in [-0.39, 0.29) is 0 Å². The summed E-state index contributed by atoms with van der Waals surface area (Å²) in [4.78, 5) is 4.28. The summed E-state index contributed by atoms with van der Waals surface area (Å²) in [5.41, 5.74) is 1.59. The number of nitrogens with one attached hydrogen (secondary N) is 1. The van der Waals surface area contributed by atoms with Crippen molar-refractivity contribution in [2.45, 2.75) is 25.8 Å². The van der Waals surface area contributed by atoms with E-state index >= 15 is 0 Å². The molecule has 88 valence electrons. The molecule has 2 aliphatic heterocycles. The van der Waals surface area contributed by atoms with Crippen LogP contribution < -0.4 is 5.32 Å². The quantitative estimate of drug-likeness (QED) is 0.846. The minimum atomic E-state index is 0.932. The van der Waals surface area contributed by atoms with Crippen LogP contribution in [0.5, 0.6) is 0 Å². The molecule has 0 atom stereocenters. The molecule has 1 aromatic heterocycles. The molecule has 3 heterocycles. The van der Waals surface area contributed by atoms with E-state index < -0.39 is 0 Å². The maximum absolute atomic E-state index is 3.45. The van der Waals surface area contributed by atoms with Gasteiger partial charge < -0.3 is 5.32 Å². The summed E-state index contributed by atoms with van der Waals surface area (Å²) < 4.78 is 0. The van der Waals surface area contributed by atoms with Crippen LogP contribution in [0.3, 0.4) is 0 Å². The van der Waals surface area contributed by atoms with Crippen molar-refractivity contribution < 1.29 is 0 Å². The highest BCUT2D eigenvalue weighted by Crippen LogP contribution is 2.25. The molecule has 0 saturated carbocycles. The van der Waals surface area contributed by atoms with Crippen molar-refractivity contribution in [3.8, 4) is 0 Å². The van der Waals surface area contributed by atoms with Crippen molar-refractivity contribution in [3.05, 3.63) is 21.9 Å². The van der Waals surface area contributed by atoms with Gasteiger partial charge in [-0.1, -0.05) is 0 Å². The first kappa shape index (κ1) is 10.8. The van der Waals surface area contributed by atoms with Crippen molar-refractivity contribution in [3.63, 3.8) is 0 Å². The van der Waals surface area contributed by atoms with Crippen molar-refractivity contribution in [1.82, 2.24) is 10.2 Å². The standard InChI is InChI=1S/C13H20N2S/c1-5-14-6-2-11(1)9-15-7-3-13-12(10-15)4-8-16-13/h4,8,11,14H,1-3,5-7,9-10H2. The van der Waals surface area contributed by atoms with Gasteiger partial charge in [-0.25, -0.2) is 0 Å². The van der Waals surface area contributed by atoms with Crippen LogP contribution in [0.25, 0.3) is 0 Å². The average molecular weight is 236 g/mol. The zero-order valence-electron chi connectivity index (χ0n) is 9.74. The predicted molar refractivity (Wildman–Crippen MR) is 68.9 cm³/mol. The molecule has 0 unspecified atom stereocenters. The zero-order chi connectivity index (χ0) is 10.8. The SMILES string of the molecule is c1cc2c(s1)CCN(CC1CCNCC1)C2. The van der Waals surface area contributed by atoms with Gasteiger partial charge >= 0.3 is 0 Å². The zero-order valence-corrected chi connectivity index (χ0v) is 10.6. The summed E-state index contributed by atoms with van der Waals surface area (Å²) in [6.45, 7) is 6.24. The monoisotopic (exact) mass is 236 g/mol. The Morgan fingerprint density at radius 2 is 2.25 bits per heavy atom. The predicted octanol–water partition coefficient (Wildman–Crippen LogP) is 2.11. The van der Waals surface area contributed by atoms with Crippen LogP contribution in [0, 0.1) is 5.92 Å². The Bertz CT molecular complexity index is 341. The van der Waals surface area contributed by atoms with Crippen molar-refractivity contribution >= 4 is 11.3 Å². The number of rotatable bonds is 2. The Morgan fingerprint density at radius 1 is 1.38 bits per heavy atom. The normalized spacial score (nSPS) is 23.2. The minimum absolute atomic E-state index is 0.932. The molecular weight excluding hydrogens is 216 g/mol. The number of fused-ring (bicyclic) bond motifs is 1. The van der Waals surface area contributed by atoms with Crippen LogP contribution in [0.1, 0.15) is 23.3 Å². The maximum Gasteiger partial charge on any atom is 0.0245 e. The van der Waals surface area contributed by atoms with Crippen molar-refractivity contribution in [2.24, 2.45) is 5.92 Å². The highest BCUT2D eigenvalue weighted by molar-refractivity contribution is 7.10. The molecule has 1 aromatic rings. The van der Waals surface area contributed by atoms with Gasteiger partial charge in [-0.2, -0.15) is 0 Å². The molecule has 0 aromatic carbocycles. The van der Waals surface area contributed by atoms with Gasteiger partial charge in [-0.15, -0.1) is 11.3 Å². The summed E-state index contributed by atoms with van der Waals surface area (Å²) >= 11 is 1.94. The van der Waals surface area contributed by atoms with E-state index in [4.69, 9.17) is 0 Å². The third-order valence-electron chi connectivity index (χ3n) is 3.86. The highest BCUT2D eigenvalue weighted by Gasteiger charge is 2.21. The van der Waals surface area contributed by atoms with Crippen LogP contribution >= 0.6 is 11.3 Å². The molecule has 2 nitrogen and oxygen atoms in total. The van der Waals surface area contributed by atoms with Crippen LogP contribution in [-0.2, 0) is 13.0 Å². The molecule has 1 fully saturated rings. The summed E-state index contributed by atoms with van der Waals surface area (Å²) in [7, 11) is 0. The Kier molecular flexibility index (Phi) is 3.27. The lowest BCUT2D eigenvalue weighted by atomic mass is 9.96. The highest BCUT2D eigenvalue weighted by atomic mass is 32.1. The van der Waals surface area contributed by atoms with Crippen LogP contribution in [0.2, 0.25) is 0 Å². The first-order valence-corrected chi connectivity index (χ1v) is 7.28. The van der Waals surface area contributed by atoms with Crippen LogP contribution in [-0.4, -0.2) is 31.1 Å². The van der Waals surface area contributed by atoms with E-state index in [1.807, 2.05) is 11.3 Å². The molecule has 0 radical (unpaired) electrons. The maximum atomic E-state index is 3.45. The van der Waals surface area contributed by atoms with Crippen LogP contribution in [0.4, 0.5) is 0 Å². The summed E-state index contributed by atoms with van der Waals surface area (Å²) in [5, 5.41) is 5.70. The largest absolute Gasteiger partial charge is 0.317 e. The molecule has 2 aliphatic rings. The third-order valence-corrected chi connectivity index (χ3v) is 4.88. The fourth-order valence-corrected chi connectivity index (χ4v) is 3.78. The van der Waals surface area contributed by atoms with E-state index in [1.165, 1.54) is 52.0 Å². The van der Waals surface area contributed by atoms with Crippen molar-refractivity contribution in [2.75, 3.05) is 26.2 Å². The van der Waals surface area contributed by atoms with E-state index in [1.54, 1.807) is 10.4 Å². The van der Waals surface area contributed by atoms with Gasteiger partial charge in [-0.05, 0) is 55.3 Å². The minimum Gasteiger partial charge on any atom is -0.317 e. The summed E-state index contributed by atoms with van der Waals surface area (Å²) in [6.07, 6.45) is 4.01.